The second-order valence-electron chi connectivity index (χ2n) is 7.23. The predicted octanol–water partition coefficient (Wildman–Crippen LogP) is 3.55. The minimum absolute atomic E-state index is 0.00316. The van der Waals surface area contributed by atoms with Gasteiger partial charge in [-0.3, -0.25) is 9.78 Å². The maximum Gasteiger partial charge on any atom is 0.260 e. The molecular formula is C20H22ClN3O2. The molecule has 1 unspecified atom stereocenters. The van der Waals surface area contributed by atoms with Crippen molar-refractivity contribution in [2.24, 2.45) is 18.7 Å². The zero-order chi connectivity index (χ0) is 18.4. The number of rotatable bonds is 5. The zero-order valence-electron chi connectivity index (χ0n) is 15.0. The Morgan fingerprint density at radius 3 is 2.88 bits per heavy atom. The Morgan fingerprint density at radius 2 is 2.15 bits per heavy atom. The summed E-state index contributed by atoms with van der Waals surface area (Å²) in [6.07, 6.45) is 5.24. The van der Waals surface area contributed by atoms with E-state index in [1.54, 1.807) is 17.8 Å². The Bertz CT molecular complexity index is 1060. The fourth-order valence-electron chi connectivity index (χ4n) is 3.53. The largest absolute Gasteiger partial charge is 0.490 e. The minimum Gasteiger partial charge on any atom is -0.490 e. The summed E-state index contributed by atoms with van der Waals surface area (Å²) in [6.45, 7) is 2.27. The monoisotopic (exact) mass is 371 g/mol. The van der Waals surface area contributed by atoms with Crippen LogP contribution in [0.4, 0.5) is 0 Å². The van der Waals surface area contributed by atoms with Crippen LogP contribution in [0.5, 0.6) is 5.75 Å². The first kappa shape index (κ1) is 17.3. The number of nitrogens with two attached hydrogens (primary N) is 1. The molecule has 2 aromatic heterocycles. The molecule has 4 rings (SSSR count). The molecule has 0 aliphatic heterocycles. The van der Waals surface area contributed by atoms with Crippen LogP contribution in [0.25, 0.3) is 21.7 Å². The highest BCUT2D eigenvalue weighted by Crippen LogP contribution is 2.35. The first-order chi connectivity index (χ1) is 12.5. The van der Waals surface area contributed by atoms with Gasteiger partial charge in [-0.15, -0.1) is 0 Å². The van der Waals surface area contributed by atoms with Crippen LogP contribution in [-0.4, -0.2) is 22.2 Å². The Labute approximate surface area is 156 Å². The standard InChI is InChI=1S/C20H22ClN3O2/c1-11-19-14(5-6-23-11)15-8-16(21)18(9-17(15)24(2)20(19)25)26-10-13(22)7-12-3-4-12/h5-6,8-9,12-13H,3-4,7,10,22H2,1-2H3. The summed E-state index contributed by atoms with van der Waals surface area (Å²) in [4.78, 5) is 17.0. The number of ether oxygens (including phenoxy) is 1. The lowest BCUT2D eigenvalue weighted by Gasteiger charge is -2.16. The van der Waals surface area contributed by atoms with Gasteiger partial charge in [-0.05, 0) is 36.8 Å². The van der Waals surface area contributed by atoms with Gasteiger partial charge in [0, 0.05) is 30.7 Å². The summed E-state index contributed by atoms with van der Waals surface area (Å²) in [5.74, 6) is 1.32. The molecule has 1 atom stereocenters. The highest BCUT2D eigenvalue weighted by Gasteiger charge is 2.24. The number of hydrogen-bond acceptors (Lipinski definition) is 4. The molecule has 1 aromatic carbocycles. The van der Waals surface area contributed by atoms with Crippen LogP contribution >= 0.6 is 11.6 Å². The first-order valence-corrected chi connectivity index (χ1v) is 9.29. The molecule has 2 heterocycles. The third-order valence-corrected chi connectivity index (χ3v) is 5.44. The van der Waals surface area contributed by atoms with Gasteiger partial charge in [0.25, 0.3) is 5.56 Å². The van der Waals surface area contributed by atoms with E-state index in [2.05, 4.69) is 4.98 Å². The van der Waals surface area contributed by atoms with E-state index in [4.69, 9.17) is 22.1 Å². The van der Waals surface area contributed by atoms with Gasteiger partial charge in [-0.25, -0.2) is 0 Å². The molecule has 1 aliphatic carbocycles. The number of halogens is 1. The minimum atomic E-state index is -0.0724. The molecule has 1 fully saturated rings. The van der Waals surface area contributed by atoms with Crippen molar-refractivity contribution >= 4 is 33.3 Å². The molecule has 0 bridgehead atoms. The molecule has 0 amide bonds. The van der Waals surface area contributed by atoms with Crippen LogP contribution in [0.15, 0.2) is 29.2 Å². The van der Waals surface area contributed by atoms with E-state index < -0.39 is 0 Å². The molecule has 6 heteroatoms. The normalized spacial score (nSPS) is 15.5. The van der Waals surface area contributed by atoms with Crippen LogP contribution in [-0.2, 0) is 7.05 Å². The molecule has 136 valence electrons. The molecule has 2 N–H and O–H groups in total. The van der Waals surface area contributed by atoms with E-state index in [9.17, 15) is 4.79 Å². The summed E-state index contributed by atoms with van der Waals surface area (Å²) in [5, 5.41) is 2.91. The molecular weight excluding hydrogens is 350 g/mol. The Kier molecular flexibility index (Phi) is 4.37. The molecule has 26 heavy (non-hydrogen) atoms. The van der Waals surface area contributed by atoms with Crippen molar-refractivity contribution in [1.29, 1.82) is 0 Å². The van der Waals surface area contributed by atoms with Crippen molar-refractivity contribution in [2.75, 3.05) is 6.61 Å². The van der Waals surface area contributed by atoms with Crippen LogP contribution < -0.4 is 16.0 Å². The van der Waals surface area contributed by atoms with Crippen molar-refractivity contribution in [3.05, 3.63) is 45.5 Å². The molecule has 5 nitrogen and oxygen atoms in total. The predicted molar refractivity (Wildman–Crippen MR) is 105 cm³/mol. The van der Waals surface area contributed by atoms with Gasteiger partial charge in [-0.1, -0.05) is 24.4 Å². The van der Waals surface area contributed by atoms with Crippen molar-refractivity contribution in [2.45, 2.75) is 32.2 Å². The number of aromatic nitrogens is 2. The number of nitrogens with zero attached hydrogens (tertiary/aromatic N) is 2. The average molecular weight is 372 g/mol. The SMILES string of the molecule is Cc1nccc2c1c(=O)n(C)c1cc(OCC(N)CC3CC3)c(Cl)cc21. The van der Waals surface area contributed by atoms with E-state index in [1.807, 2.05) is 25.1 Å². The van der Waals surface area contributed by atoms with E-state index >= 15 is 0 Å². The maximum absolute atomic E-state index is 12.8. The topological polar surface area (TPSA) is 70.1 Å². The summed E-state index contributed by atoms with van der Waals surface area (Å²) >= 11 is 6.47. The fraction of sp³-hybridized carbons (Fsp3) is 0.400. The van der Waals surface area contributed by atoms with Crippen molar-refractivity contribution < 1.29 is 4.74 Å². The summed E-state index contributed by atoms with van der Waals surface area (Å²) in [6, 6.07) is 5.55. The van der Waals surface area contributed by atoms with Crippen LogP contribution in [0.1, 0.15) is 25.0 Å². The smallest absolute Gasteiger partial charge is 0.260 e. The van der Waals surface area contributed by atoms with Crippen LogP contribution in [0.2, 0.25) is 5.02 Å². The number of aryl methyl sites for hydroxylation is 2. The second kappa shape index (κ2) is 6.56. The number of hydrogen-bond donors (Lipinski definition) is 1. The third-order valence-electron chi connectivity index (χ3n) is 5.15. The Hall–Kier alpha value is -2.11. The van der Waals surface area contributed by atoms with Gasteiger partial charge in [0.05, 0.1) is 21.6 Å². The van der Waals surface area contributed by atoms with E-state index in [-0.39, 0.29) is 11.6 Å². The highest BCUT2D eigenvalue weighted by molar-refractivity contribution is 6.33. The Balaban J connectivity index is 1.77. The van der Waals surface area contributed by atoms with Gasteiger partial charge in [0.15, 0.2) is 0 Å². The number of pyridine rings is 2. The molecule has 0 spiro atoms. The van der Waals surface area contributed by atoms with Gasteiger partial charge in [0.2, 0.25) is 0 Å². The zero-order valence-corrected chi connectivity index (χ0v) is 15.7. The van der Waals surface area contributed by atoms with Gasteiger partial charge in [0.1, 0.15) is 12.4 Å². The van der Waals surface area contributed by atoms with Crippen molar-refractivity contribution in [1.82, 2.24) is 9.55 Å². The summed E-state index contributed by atoms with van der Waals surface area (Å²) in [5.41, 5.74) is 7.56. The molecule has 0 radical (unpaired) electrons. The van der Waals surface area contributed by atoms with E-state index in [0.29, 0.717) is 28.5 Å². The fourth-order valence-corrected chi connectivity index (χ4v) is 3.75. The molecule has 0 saturated heterocycles. The summed E-state index contributed by atoms with van der Waals surface area (Å²) in [7, 11) is 1.76. The van der Waals surface area contributed by atoms with Gasteiger partial charge >= 0.3 is 0 Å². The Morgan fingerprint density at radius 1 is 1.38 bits per heavy atom. The van der Waals surface area contributed by atoms with Gasteiger partial charge in [-0.2, -0.15) is 0 Å². The van der Waals surface area contributed by atoms with Gasteiger partial charge < -0.3 is 15.0 Å². The molecule has 1 aliphatic rings. The first-order valence-electron chi connectivity index (χ1n) is 8.91. The quantitative estimate of drug-likeness (QED) is 0.696. The number of benzene rings is 1. The van der Waals surface area contributed by atoms with E-state index in [1.165, 1.54) is 12.8 Å². The van der Waals surface area contributed by atoms with Crippen LogP contribution in [0.3, 0.4) is 0 Å². The highest BCUT2D eigenvalue weighted by atomic mass is 35.5. The lowest BCUT2D eigenvalue weighted by Crippen LogP contribution is -2.28. The lowest BCUT2D eigenvalue weighted by molar-refractivity contribution is 0.278. The second-order valence-corrected chi connectivity index (χ2v) is 7.64. The van der Waals surface area contributed by atoms with Crippen molar-refractivity contribution in [3.8, 4) is 5.75 Å². The maximum atomic E-state index is 12.8. The molecule has 3 aromatic rings. The molecule has 1 saturated carbocycles. The summed E-state index contributed by atoms with van der Waals surface area (Å²) < 4.78 is 7.51. The lowest BCUT2D eigenvalue weighted by atomic mass is 10.1. The van der Waals surface area contributed by atoms with E-state index in [0.717, 1.165) is 28.6 Å². The van der Waals surface area contributed by atoms with Crippen molar-refractivity contribution in [3.63, 3.8) is 0 Å². The average Bonchev–Trinajstić information content (AvgIpc) is 3.42. The number of fused-ring (bicyclic) bond motifs is 3. The van der Waals surface area contributed by atoms with Crippen LogP contribution in [0, 0.1) is 12.8 Å². The third kappa shape index (κ3) is 3.06.